The number of hydrogen-bond donors (Lipinski definition) is 1. The van der Waals surface area contributed by atoms with Gasteiger partial charge in [0.1, 0.15) is 0 Å². The summed E-state index contributed by atoms with van der Waals surface area (Å²) in [6.45, 7) is 1.36. The molecule has 182 valence electrons. The van der Waals surface area contributed by atoms with Crippen LogP contribution >= 0.6 is 0 Å². The first-order valence-corrected chi connectivity index (χ1v) is 12.5. The normalized spacial score (nSPS) is 13.7. The number of ether oxygens (including phenoxy) is 1. The van der Waals surface area contributed by atoms with Crippen molar-refractivity contribution in [2.24, 2.45) is 0 Å². The summed E-state index contributed by atoms with van der Waals surface area (Å²) in [5.74, 6) is 0.158. The van der Waals surface area contributed by atoms with Gasteiger partial charge in [-0.2, -0.15) is 0 Å². The molecule has 9 nitrogen and oxygen atoms in total. The summed E-state index contributed by atoms with van der Waals surface area (Å²) in [7, 11) is -2.73. The van der Waals surface area contributed by atoms with Crippen molar-refractivity contribution in [2.75, 3.05) is 13.7 Å². The number of sulfonamides is 1. The number of hydrogen-bond acceptors (Lipinski definition) is 6. The molecule has 1 fully saturated rings. The average molecular weight is 496 g/mol. The molecule has 0 saturated carbocycles. The summed E-state index contributed by atoms with van der Waals surface area (Å²) in [4.78, 5) is 24.1. The van der Waals surface area contributed by atoms with E-state index in [0.717, 1.165) is 41.3 Å². The van der Waals surface area contributed by atoms with E-state index in [4.69, 9.17) is 4.74 Å². The maximum atomic E-state index is 12.9. The van der Waals surface area contributed by atoms with E-state index in [0.29, 0.717) is 13.0 Å². The number of methoxy groups -OCH3 is 1. The lowest BCUT2D eigenvalue weighted by Crippen LogP contribution is -2.24. The third-order valence-electron chi connectivity index (χ3n) is 5.94. The number of benzene rings is 3. The van der Waals surface area contributed by atoms with E-state index < -0.39 is 20.6 Å². The summed E-state index contributed by atoms with van der Waals surface area (Å²) in [6, 6.07) is 18.8. The number of carbonyl (C=O) groups is 1. The standard InChI is InChI=1S/C25H25N3O6S/c1-34-24-13-12-21(15-23(24)28(30)31)35(32,33)26-16-20-5-2-3-6-22(20)19-10-8-18(9-11-19)17-27-14-4-7-25(27)29/h2-3,5-6,8-13,15,26H,4,7,14,16-17H2,1H3. The van der Waals surface area contributed by atoms with Gasteiger partial charge in [0.05, 0.1) is 16.9 Å². The van der Waals surface area contributed by atoms with E-state index >= 15 is 0 Å². The smallest absolute Gasteiger partial charge is 0.312 e. The average Bonchev–Trinajstić information content (AvgIpc) is 3.27. The van der Waals surface area contributed by atoms with E-state index in [2.05, 4.69) is 4.72 Å². The number of nitro groups is 1. The quantitative estimate of drug-likeness (QED) is 0.356. The van der Waals surface area contributed by atoms with Crippen LogP contribution in [-0.4, -0.2) is 37.8 Å². The number of nitrogens with one attached hydrogen (secondary N) is 1. The zero-order valence-electron chi connectivity index (χ0n) is 19.1. The minimum Gasteiger partial charge on any atom is -0.490 e. The van der Waals surface area contributed by atoms with E-state index in [1.807, 2.05) is 53.4 Å². The van der Waals surface area contributed by atoms with E-state index in [9.17, 15) is 23.3 Å². The fourth-order valence-electron chi connectivity index (χ4n) is 4.07. The van der Waals surface area contributed by atoms with Crippen LogP contribution in [0.15, 0.2) is 71.6 Å². The number of amides is 1. The molecular weight excluding hydrogens is 470 g/mol. The highest BCUT2D eigenvalue weighted by Crippen LogP contribution is 2.30. The largest absolute Gasteiger partial charge is 0.490 e. The number of rotatable bonds is 9. The summed E-state index contributed by atoms with van der Waals surface area (Å²) < 4.78 is 33.2. The first-order chi connectivity index (χ1) is 16.8. The van der Waals surface area contributed by atoms with Crippen molar-refractivity contribution in [2.45, 2.75) is 30.8 Å². The molecule has 35 heavy (non-hydrogen) atoms. The molecule has 1 N–H and O–H groups in total. The van der Waals surface area contributed by atoms with Crippen LogP contribution in [0.2, 0.25) is 0 Å². The highest BCUT2D eigenvalue weighted by Gasteiger charge is 2.22. The van der Waals surface area contributed by atoms with Gasteiger partial charge in [-0.25, -0.2) is 13.1 Å². The van der Waals surface area contributed by atoms with Crippen molar-refractivity contribution < 1.29 is 22.9 Å². The summed E-state index contributed by atoms with van der Waals surface area (Å²) in [5, 5.41) is 11.3. The van der Waals surface area contributed by atoms with Gasteiger partial charge < -0.3 is 9.64 Å². The van der Waals surface area contributed by atoms with Gasteiger partial charge >= 0.3 is 5.69 Å². The maximum Gasteiger partial charge on any atom is 0.312 e. The number of nitrogens with zero attached hydrogens (tertiary/aromatic N) is 2. The molecule has 1 aliphatic heterocycles. The molecule has 0 spiro atoms. The Hall–Kier alpha value is -3.76. The van der Waals surface area contributed by atoms with Crippen molar-refractivity contribution in [3.05, 3.63) is 88.0 Å². The fourth-order valence-corrected chi connectivity index (χ4v) is 5.10. The van der Waals surface area contributed by atoms with Crippen LogP contribution in [-0.2, 0) is 27.9 Å². The van der Waals surface area contributed by atoms with Crippen LogP contribution in [0, 0.1) is 10.1 Å². The van der Waals surface area contributed by atoms with Crippen molar-refractivity contribution >= 4 is 21.6 Å². The Kier molecular flexibility index (Phi) is 7.13. The van der Waals surface area contributed by atoms with Gasteiger partial charge in [0.15, 0.2) is 5.75 Å². The van der Waals surface area contributed by atoms with Crippen molar-refractivity contribution in [3.63, 3.8) is 0 Å². The van der Waals surface area contributed by atoms with Crippen LogP contribution in [0.4, 0.5) is 5.69 Å². The molecule has 1 saturated heterocycles. The Balaban J connectivity index is 1.51. The van der Waals surface area contributed by atoms with Gasteiger partial charge in [-0.1, -0.05) is 48.5 Å². The zero-order valence-corrected chi connectivity index (χ0v) is 20.0. The second kappa shape index (κ2) is 10.2. The van der Waals surface area contributed by atoms with Gasteiger partial charge in [-0.15, -0.1) is 0 Å². The van der Waals surface area contributed by atoms with Crippen LogP contribution in [0.25, 0.3) is 11.1 Å². The number of carbonyl (C=O) groups excluding carboxylic acids is 1. The Morgan fingerprint density at radius 2 is 1.83 bits per heavy atom. The molecule has 1 heterocycles. The predicted molar refractivity (Wildman–Crippen MR) is 130 cm³/mol. The topological polar surface area (TPSA) is 119 Å². The zero-order chi connectivity index (χ0) is 25.0. The molecule has 0 aliphatic carbocycles. The molecule has 4 rings (SSSR count). The summed E-state index contributed by atoms with van der Waals surface area (Å²) in [6.07, 6.45) is 1.50. The highest BCUT2D eigenvalue weighted by atomic mass is 32.2. The molecule has 0 atom stereocenters. The van der Waals surface area contributed by atoms with Gasteiger partial charge in [0.2, 0.25) is 15.9 Å². The van der Waals surface area contributed by atoms with Crippen LogP contribution in [0.3, 0.4) is 0 Å². The lowest BCUT2D eigenvalue weighted by Gasteiger charge is -2.16. The second-order valence-corrected chi connectivity index (χ2v) is 9.96. The molecule has 10 heteroatoms. The SMILES string of the molecule is COc1ccc(S(=O)(=O)NCc2ccccc2-c2ccc(CN3CCCC3=O)cc2)cc1[N+](=O)[O-]. The second-order valence-electron chi connectivity index (χ2n) is 8.19. The van der Waals surface area contributed by atoms with Gasteiger partial charge in [-0.05, 0) is 40.8 Å². The molecule has 0 aromatic heterocycles. The Labute approximate surface area is 203 Å². The third-order valence-corrected chi connectivity index (χ3v) is 7.34. The lowest BCUT2D eigenvalue weighted by atomic mass is 9.98. The molecular formula is C25H25N3O6S. The van der Waals surface area contributed by atoms with E-state index in [1.165, 1.54) is 19.2 Å². The summed E-state index contributed by atoms with van der Waals surface area (Å²) in [5.41, 5.74) is 3.13. The maximum absolute atomic E-state index is 12.9. The molecule has 0 unspecified atom stereocenters. The monoisotopic (exact) mass is 495 g/mol. The van der Waals surface area contributed by atoms with Crippen molar-refractivity contribution in [3.8, 4) is 16.9 Å². The highest BCUT2D eigenvalue weighted by molar-refractivity contribution is 7.89. The van der Waals surface area contributed by atoms with Crippen LogP contribution in [0.1, 0.15) is 24.0 Å². The van der Waals surface area contributed by atoms with Crippen LogP contribution in [0.5, 0.6) is 5.75 Å². The number of likely N-dealkylation sites (tertiary alicyclic amines) is 1. The van der Waals surface area contributed by atoms with Gasteiger partial charge in [0, 0.05) is 32.1 Å². The predicted octanol–water partition coefficient (Wildman–Crippen LogP) is 3.87. The minimum absolute atomic E-state index is 0.00235. The lowest BCUT2D eigenvalue weighted by molar-refractivity contribution is -0.386. The molecule has 1 aliphatic rings. The Bertz CT molecular complexity index is 1360. The molecule has 0 radical (unpaired) electrons. The van der Waals surface area contributed by atoms with Crippen molar-refractivity contribution in [1.82, 2.24) is 9.62 Å². The van der Waals surface area contributed by atoms with E-state index in [1.54, 1.807) is 0 Å². The van der Waals surface area contributed by atoms with Gasteiger partial charge in [-0.3, -0.25) is 14.9 Å². The van der Waals surface area contributed by atoms with Crippen LogP contribution < -0.4 is 9.46 Å². The molecule has 0 bridgehead atoms. The molecule has 1 amide bonds. The number of nitro benzene ring substituents is 1. The fraction of sp³-hybridized carbons (Fsp3) is 0.240. The van der Waals surface area contributed by atoms with E-state index in [-0.39, 0.29) is 23.1 Å². The first-order valence-electron chi connectivity index (χ1n) is 11.1. The summed E-state index contributed by atoms with van der Waals surface area (Å²) >= 11 is 0. The van der Waals surface area contributed by atoms with Crippen molar-refractivity contribution in [1.29, 1.82) is 0 Å². The Morgan fingerprint density at radius 3 is 2.49 bits per heavy atom. The van der Waals surface area contributed by atoms with Gasteiger partial charge in [0.25, 0.3) is 0 Å². The molecule has 3 aromatic rings. The first kappa shape index (κ1) is 24.4. The Morgan fingerprint density at radius 1 is 1.09 bits per heavy atom. The molecule has 3 aromatic carbocycles. The minimum atomic E-state index is -4.01. The third kappa shape index (κ3) is 5.50.